The topological polar surface area (TPSA) is 125 Å². The van der Waals surface area contributed by atoms with Crippen molar-refractivity contribution in [2.45, 2.75) is 43.8 Å². The molecule has 158 valence electrons. The van der Waals surface area contributed by atoms with Crippen molar-refractivity contribution < 1.29 is 43.1 Å². The average Bonchev–Trinajstić information content (AvgIpc) is 2.69. The Kier molecular flexibility index (Phi) is 6.05. The van der Waals surface area contributed by atoms with Crippen LogP contribution in [0.2, 0.25) is 0 Å². The molecule has 3 rings (SSSR count). The molecule has 1 saturated heterocycles. The van der Waals surface area contributed by atoms with Gasteiger partial charge in [-0.1, -0.05) is 0 Å². The SMILES string of the molecule is Cc1cc(-c2nccc(C(F)(F)F)n2)ccc1O[C@H]1O[C@H](CO)[C@@H](O)[C@H](O)[C@@H]1O. The molecular formula is C18H19F3N2O6. The second kappa shape index (κ2) is 8.20. The van der Waals surface area contributed by atoms with E-state index in [0.29, 0.717) is 11.1 Å². The molecule has 1 aromatic carbocycles. The number of hydrogen-bond acceptors (Lipinski definition) is 8. The van der Waals surface area contributed by atoms with Gasteiger partial charge >= 0.3 is 6.18 Å². The summed E-state index contributed by atoms with van der Waals surface area (Å²) in [4.78, 5) is 7.38. The molecule has 0 bridgehead atoms. The molecule has 5 atom stereocenters. The van der Waals surface area contributed by atoms with Gasteiger partial charge in [-0.05, 0) is 36.8 Å². The van der Waals surface area contributed by atoms with Crippen LogP contribution in [0, 0.1) is 6.92 Å². The Morgan fingerprint density at radius 2 is 1.83 bits per heavy atom. The van der Waals surface area contributed by atoms with Crippen molar-refractivity contribution in [3.8, 4) is 17.1 Å². The highest BCUT2D eigenvalue weighted by molar-refractivity contribution is 5.58. The third-order valence-corrected chi connectivity index (χ3v) is 4.47. The number of hydrogen-bond donors (Lipinski definition) is 4. The summed E-state index contributed by atoms with van der Waals surface area (Å²) >= 11 is 0. The van der Waals surface area contributed by atoms with E-state index in [1.807, 2.05) is 0 Å². The summed E-state index contributed by atoms with van der Waals surface area (Å²) in [6, 6.07) is 5.12. The lowest BCUT2D eigenvalue weighted by molar-refractivity contribution is -0.277. The van der Waals surface area contributed by atoms with Crippen LogP contribution in [-0.4, -0.2) is 67.7 Å². The summed E-state index contributed by atoms with van der Waals surface area (Å²) in [7, 11) is 0. The number of aryl methyl sites for hydroxylation is 1. The minimum atomic E-state index is -4.60. The summed E-state index contributed by atoms with van der Waals surface area (Å²) in [5.74, 6) is 0.0902. The van der Waals surface area contributed by atoms with E-state index in [-0.39, 0.29) is 11.6 Å². The molecule has 0 spiro atoms. The van der Waals surface area contributed by atoms with Crippen LogP contribution in [0.25, 0.3) is 11.4 Å². The van der Waals surface area contributed by atoms with Crippen LogP contribution in [0.5, 0.6) is 5.75 Å². The van der Waals surface area contributed by atoms with E-state index in [9.17, 15) is 33.6 Å². The van der Waals surface area contributed by atoms with Crippen LogP contribution in [0.1, 0.15) is 11.3 Å². The second-order valence-electron chi connectivity index (χ2n) is 6.56. The zero-order valence-electron chi connectivity index (χ0n) is 15.1. The minimum absolute atomic E-state index is 0.123. The third-order valence-electron chi connectivity index (χ3n) is 4.47. The summed E-state index contributed by atoms with van der Waals surface area (Å²) in [6.07, 6.45) is -10.8. The Labute approximate surface area is 163 Å². The summed E-state index contributed by atoms with van der Waals surface area (Å²) < 4.78 is 49.3. The standard InChI is InChI=1S/C18H19F3N2O6/c1-8-6-9(16-22-5-4-12(23-16)18(19,20)21)2-3-10(8)28-17-15(27)14(26)13(25)11(7-24)29-17/h2-6,11,13-15,17,24-27H,7H2,1H3/t11-,13-,14+,15+,17+/m1/s1. The number of halogens is 3. The van der Waals surface area contributed by atoms with Gasteiger partial charge in [0, 0.05) is 11.8 Å². The molecule has 2 aromatic rings. The molecule has 1 aromatic heterocycles. The highest BCUT2D eigenvalue weighted by Crippen LogP contribution is 2.31. The quantitative estimate of drug-likeness (QED) is 0.573. The number of benzene rings is 1. The van der Waals surface area contributed by atoms with E-state index in [0.717, 1.165) is 12.3 Å². The molecule has 4 N–H and O–H groups in total. The molecule has 8 nitrogen and oxygen atoms in total. The zero-order valence-corrected chi connectivity index (χ0v) is 15.1. The molecule has 2 heterocycles. The molecule has 0 amide bonds. The first-order chi connectivity index (χ1) is 13.6. The molecular weight excluding hydrogens is 397 g/mol. The average molecular weight is 416 g/mol. The molecule has 11 heteroatoms. The fourth-order valence-corrected chi connectivity index (χ4v) is 2.87. The van der Waals surface area contributed by atoms with E-state index in [4.69, 9.17) is 9.47 Å². The molecule has 0 aliphatic carbocycles. The predicted octanol–water partition coefficient (Wildman–Crippen LogP) is 0.650. The Hall–Kier alpha value is -2.31. The normalized spacial score (nSPS) is 27.7. The van der Waals surface area contributed by atoms with Crippen LogP contribution >= 0.6 is 0 Å². The van der Waals surface area contributed by atoms with Crippen LogP contribution in [-0.2, 0) is 10.9 Å². The Morgan fingerprint density at radius 1 is 1.10 bits per heavy atom. The second-order valence-corrected chi connectivity index (χ2v) is 6.56. The first-order valence-electron chi connectivity index (χ1n) is 8.60. The van der Waals surface area contributed by atoms with Gasteiger partial charge in [-0.25, -0.2) is 9.97 Å². The lowest BCUT2D eigenvalue weighted by Gasteiger charge is -2.39. The molecule has 1 aliphatic rings. The Morgan fingerprint density at radius 3 is 2.45 bits per heavy atom. The summed E-state index contributed by atoms with van der Waals surface area (Å²) in [6.45, 7) is 1.01. The van der Waals surface area contributed by atoms with Crippen molar-refractivity contribution in [2.24, 2.45) is 0 Å². The highest BCUT2D eigenvalue weighted by atomic mass is 19.4. The number of rotatable bonds is 4. The monoisotopic (exact) mass is 416 g/mol. The number of nitrogens with zero attached hydrogens (tertiary/aromatic N) is 2. The number of alkyl halides is 3. The van der Waals surface area contributed by atoms with E-state index in [1.54, 1.807) is 6.92 Å². The maximum Gasteiger partial charge on any atom is 0.433 e. The number of aliphatic hydroxyl groups excluding tert-OH is 4. The van der Waals surface area contributed by atoms with Crippen LogP contribution < -0.4 is 4.74 Å². The van der Waals surface area contributed by atoms with Crippen molar-refractivity contribution in [1.82, 2.24) is 9.97 Å². The molecule has 0 saturated carbocycles. The first kappa shape index (κ1) is 21.4. The molecule has 0 radical (unpaired) electrons. The summed E-state index contributed by atoms with van der Waals surface area (Å²) in [5.41, 5.74) is -0.281. The van der Waals surface area contributed by atoms with E-state index in [1.165, 1.54) is 18.2 Å². The van der Waals surface area contributed by atoms with Gasteiger partial charge in [0.15, 0.2) is 5.82 Å². The van der Waals surface area contributed by atoms with Gasteiger partial charge in [0.05, 0.1) is 6.61 Å². The lowest BCUT2D eigenvalue weighted by Crippen LogP contribution is -2.60. The lowest BCUT2D eigenvalue weighted by atomic mass is 9.99. The number of ether oxygens (including phenoxy) is 2. The van der Waals surface area contributed by atoms with Gasteiger partial charge < -0.3 is 29.9 Å². The van der Waals surface area contributed by atoms with Gasteiger partial charge in [-0.15, -0.1) is 0 Å². The van der Waals surface area contributed by atoms with Gasteiger partial charge in [-0.2, -0.15) is 13.2 Å². The van der Waals surface area contributed by atoms with Crippen molar-refractivity contribution >= 4 is 0 Å². The van der Waals surface area contributed by atoms with Crippen molar-refractivity contribution in [2.75, 3.05) is 6.61 Å². The number of aromatic nitrogens is 2. The maximum absolute atomic E-state index is 12.8. The zero-order chi connectivity index (χ0) is 21.3. The van der Waals surface area contributed by atoms with E-state index in [2.05, 4.69) is 9.97 Å². The maximum atomic E-state index is 12.8. The van der Waals surface area contributed by atoms with Crippen molar-refractivity contribution in [3.63, 3.8) is 0 Å². The van der Waals surface area contributed by atoms with Crippen LogP contribution in [0.3, 0.4) is 0 Å². The van der Waals surface area contributed by atoms with Gasteiger partial charge in [0.25, 0.3) is 0 Å². The van der Waals surface area contributed by atoms with E-state index >= 15 is 0 Å². The fraction of sp³-hybridized carbons (Fsp3) is 0.444. The molecule has 1 fully saturated rings. The Bertz CT molecular complexity index is 864. The predicted molar refractivity (Wildman–Crippen MR) is 91.6 cm³/mol. The third kappa shape index (κ3) is 4.49. The van der Waals surface area contributed by atoms with Crippen LogP contribution in [0.4, 0.5) is 13.2 Å². The van der Waals surface area contributed by atoms with Gasteiger partial charge in [-0.3, -0.25) is 0 Å². The van der Waals surface area contributed by atoms with Crippen LogP contribution in [0.15, 0.2) is 30.5 Å². The molecule has 0 unspecified atom stereocenters. The molecule has 29 heavy (non-hydrogen) atoms. The first-order valence-corrected chi connectivity index (χ1v) is 8.60. The van der Waals surface area contributed by atoms with Crippen molar-refractivity contribution in [1.29, 1.82) is 0 Å². The summed E-state index contributed by atoms with van der Waals surface area (Å²) in [5, 5.41) is 38.9. The molecule has 1 aliphatic heterocycles. The Balaban J connectivity index is 1.82. The smallest absolute Gasteiger partial charge is 0.433 e. The fourth-order valence-electron chi connectivity index (χ4n) is 2.87. The van der Waals surface area contributed by atoms with Crippen molar-refractivity contribution in [3.05, 3.63) is 41.7 Å². The largest absolute Gasteiger partial charge is 0.462 e. The highest BCUT2D eigenvalue weighted by Gasteiger charge is 2.44. The minimum Gasteiger partial charge on any atom is -0.462 e. The van der Waals surface area contributed by atoms with Gasteiger partial charge in [0.2, 0.25) is 6.29 Å². The van der Waals surface area contributed by atoms with E-state index < -0.39 is 49.2 Å². The number of aliphatic hydroxyl groups is 4. The van der Waals surface area contributed by atoms with Gasteiger partial charge in [0.1, 0.15) is 35.9 Å².